The largest absolute Gasteiger partial charge is 0.459 e. The molecular formula is C18H20O3. The minimum Gasteiger partial charge on any atom is -0.459 e. The summed E-state index contributed by atoms with van der Waals surface area (Å²) in [5.74, 6) is -0.331. The van der Waals surface area contributed by atoms with Crippen LogP contribution in [0.3, 0.4) is 0 Å². The normalized spacial score (nSPS) is 11.9. The van der Waals surface area contributed by atoms with Gasteiger partial charge in [0.25, 0.3) is 0 Å². The molecule has 3 heteroatoms. The maximum atomic E-state index is 12.0. The van der Waals surface area contributed by atoms with E-state index in [1.54, 1.807) is 12.1 Å². The van der Waals surface area contributed by atoms with Crippen molar-refractivity contribution < 1.29 is 14.6 Å². The Bertz CT molecular complexity index is 537. The van der Waals surface area contributed by atoms with E-state index in [4.69, 9.17) is 9.84 Å². The first kappa shape index (κ1) is 15.3. The fourth-order valence-electron chi connectivity index (χ4n) is 2.17. The Hall–Kier alpha value is -2.13. The van der Waals surface area contributed by atoms with Crippen LogP contribution in [0.5, 0.6) is 0 Å². The number of rotatable bonds is 7. The number of hydrogen-bond acceptors (Lipinski definition) is 3. The summed E-state index contributed by atoms with van der Waals surface area (Å²) in [5.41, 5.74) is 1.75. The molecule has 0 amide bonds. The van der Waals surface area contributed by atoms with Crippen LogP contribution in [0.25, 0.3) is 0 Å². The van der Waals surface area contributed by atoms with Gasteiger partial charge in [0.2, 0.25) is 0 Å². The van der Waals surface area contributed by atoms with Crippen LogP contribution in [0.1, 0.15) is 28.8 Å². The Morgan fingerprint density at radius 3 is 2.19 bits per heavy atom. The number of carbonyl (C=O) groups is 1. The van der Waals surface area contributed by atoms with E-state index in [1.165, 1.54) is 5.56 Å². The maximum absolute atomic E-state index is 12.0. The van der Waals surface area contributed by atoms with Crippen LogP contribution in [0.15, 0.2) is 60.7 Å². The van der Waals surface area contributed by atoms with Crippen LogP contribution in [0.2, 0.25) is 0 Å². The molecule has 0 heterocycles. The fraction of sp³-hybridized carbons (Fsp3) is 0.278. The van der Waals surface area contributed by atoms with Gasteiger partial charge in [0.05, 0.1) is 5.56 Å². The molecule has 0 aliphatic rings. The van der Waals surface area contributed by atoms with Crippen molar-refractivity contribution in [2.45, 2.75) is 25.4 Å². The third kappa shape index (κ3) is 5.04. The first-order valence-corrected chi connectivity index (χ1v) is 7.20. The molecule has 0 saturated heterocycles. The van der Waals surface area contributed by atoms with Gasteiger partial charge in [0, 0.05) is 13.0 Å². The molecule has 0 aromatic heterocycles. The number of aliphatic hydroxyl groups is 1. The van der Waals surface area contributed by atoms with Gasteiger partial charge in [-0.2, -0.15) is 0 Å². The van der Waals surface area contributed by atoms with Gasteiger partial charge < -0.3 is 9.84 Å². The van der Waals surface area contributed by atoms with Crippen LogP contribution >= 0.6 is 0 Å². The lowest BCUT2D eigenvalue weighted by molar-refractivity contribution is 0.0222. The molecule has 0 fully saturated rings. The topological polar surface area (TPSA) is 46.5 Å². The first-order chi connectivity index (χ1) is 10.3. The highest BCUT2D eigenvalue weighted by molar-refractivity contribution is 5.89. The molecular weight excluding hydrogens is 264 g/mol. The Kier molecular flexibility index (Phi) is 5.98. The fourth-order valence-corrected chi connectivity index (χ4v) is 2.17. The van der Waals surface area contributed by atoms with Crippen molar-refractivity contribution in [1.29, 1.82) is 0 Å². The molecule has 1 N–H and O–H groups in total. The SMILES string of the molecule is O=C(OC(CCO)CCc1ccccc1)c1ccccc1. The minimum absolute atomic E-state index is 0.0154. The second-order valence-electron chi connectivity index (χ2n) is 4.93. The van der Waals surface area contributed by atoms with Crippen molar-refractivity contribution in [3.8, 4) is 0 Å². The molecule has 110 valence electrons. The van der Waals surface area contributed by atoms with Crippen LogP contribution in [0.4, 0.5) is 0 Å². The zero-order chi connectivity index (χ0) is 14.9. The highest BCUT2D eigenvalue weighted by Gasteiger charge is 2.15. The molecule has 2 aromatic carbocycles. The molecule has 0 aliphatic heterocycles. The quantitative estimate of drug-likeness (QED) is 0.794. The monoisotopic (exact) mass is 284 g/mol. The number of aliphatic hydroxyl groups excluding tert-OH is 1. The Labute approximate surface area is 125 Å². The average Bonchev–Trinajstić information content (AvgIpc) is 2.54. The molecule has 0 bridgehead atoms. The molecule has 0 aliphatic carbocycles. The molecule has 2 rings (SSSR count). The number of ether oxygens (including phenoxy) is 1. The third-order valence-electron chi connectivity index (χ3n) is 3.33. The summed E-state index contributed by atoms with van der Waals surface area (Å²) in [4.78, 5) is 12.0. The summed E-state index contributed by atoms with van der Waals surface area (Å²) < 4.78 is 5.50. The molecule has 3 nitrogen and oxygen atoms in total. The molecule has 1 atom stereocenters. The number of esters is 1. The van der Waals surface area contributed by atoms with Gasteiger partial charge in [-0.15, -0.1) is 0 Å². The third-order valence-corrected chi connectivity index (χ3v) is 3.33. The van der Waals surface area contributed by atoms with Crippen LogP contribution in [0, 0.1) is 0 Å². The maximum Gasteiger partial charge on any atom is 0.338 e. The van der Waals surface area contributed by atoms with E-state index >= 15 is 0 Å². The van der Waals surface area contributed by atoms with Crippen LogP contribution < -0.4 is 0 Å². The van der Waals surface area contributed by atoms with Crippen LogP contribution in [-0.4, -0.2) is 23.8 Å². The number of aryl methyl sites for hydroxylation is 1. The van der Waals surface area contributed by atoms with Gasteiger partial charge in [-0.1, -0.05) is 48.5 Å². The lowest BCUT2D eigenvalue weighted by atomic mass is 10.1. The summed E-state index contributed by atoms with van der Waals surface area (Å²) >= 11 is 0. The lowest BCUT2D eigenvalue weighted by Gasteiger charge is -2.17. The van der Waals surface area contributed by atoms with Crippen molar-refractivity contribution in [3.63, 3.8) is 0 Å². The summed E-state index contributed by atoms with van der Waals surface area (Å²) in [6.45, 7) is 0.0154. The second kappa shape index (κ2) is 8.22. The van der Waals surface area contributed by atoms with E-state index in [1.807, 2.05) is 36.4 Å². The van der Waals surface area contributed by atoms with Gasteiger partial charge in [-0.25, -0.2) is 4.79 Å². The van der Waals surface area contributed by atoms with Crippen molar-refractivity contribution in [1.82, 2.24) is 0 Å². The Morgan fingerprint density at radius 2 is 1.57 bits per heavy atom. The Morgan fingerprint density at radius 1 is 0.952 bits per heavy atom. The molecule has 1 unspecified atom stereocenters. The van der Waals surface area contributed by atoms with Crippen LogP contribution in [-0.2, 0) is 11.2 Å². The highest BCUT2D eigenvalue weighted by Crippen LogP contribution is 2.13. The molecule has 0 radical (unpaired) electrons. The molecule has 2 aromatic rings. The lowest BCUT2D eigenvalue weighted by Crippen LogP contribution is -2.20. The summed E-state index contributed by atoms with van der Waals surface area (Å²) in [5, 5.41) is 9.13. The van der Waals surface area contributed by atoms with Gasteiger partial charge in [0.15, 0.2) is 0 Å². The van der Waals surface area contributed by atoms with Crippen molar-refractivity contribution in [2.24, 2.45) is 0 Å². The molecule has 0 saturated carbocycles. The number of carbonyl (C=O) groups excluding carboxylic acids is 1. The minimum atomic E-state index is -0.331. The predicted octanol–water partition coefficient (Wildman–Crippen LogP) is 3.23. The van der Waals surface area contributed by atoms with Gasteiger partial charge in [0.1, 0.15) is 6.10 Å². The van der Waals surface area contributed by atoms with Gasteiger partial charge in [-0.05, 0) is 30.5 Å². The number of benzene rings is 2. The molecule has 21 heavy (non-hydrogen) atoms. The smallest absolute Gasteiger partial charge is 0.338 e. The van der Waals surface area contributed by atoms with E-state index in [-0.39, 0.29) is 18.7 Å². The zero-order valence-electron chi connectivity index (χ0n) is 11.9. The summed E-state index contributed by atoms with van der Waals surface area (Å²) in [6.07, 6.45) is 1.74. The second-order valence-corrected chi connectivity index (χ2v) is 4.93. The highest BCUT2D eigenvalue weighted by atomic mass is 16.5. The first-order valence-electron chi connectivity index (χ1n) is 7.20. The van der Waals surface area contributed by atoms with E-state index in [9.17, 15) is 4.79 Å². The van der Waals surface area contributed by atoms with Crippen molar-refractivity contribution in [3.05, 3.63) is 71.8 Å². The Balaban J connectivity index is 1.91. The van der Waals surface area contributed by atoms with E-state index in [0.29, 0.717) is 18.4 Å². The van der Waals surface area contributed by atoms with Gasteiger partial charge in [-0.3, -0.25) is 0 Å². The van der Waals surface area contributed by atoms with E-state index in [0.717, 1.165) is 6.42 Å². The average molecular weight is 284 g/mol. The summed E-state index contributed by atoms with van der Waals surface area (Å²) in [6, 6.07) is 19.0. The molecule has 0 spiro atoms. The van der Waals surface area contributed by atoms with E-state index < -0.39 is 0 Å². The standard InChI is InChI=1S/C18H20O3/c19-14-13-17(12-11-15-7-3-1-4-8-15)21-18(20)16-9-5-2-6-10-16/h1-10,17,19H,11-14H2. The van der Waals surface area contributed by atoms with Gasteiger partial charge >= 0.3 is 5.97 Å². The van der Waals surface area contributed by atoms with Crippen molar-refractivity contribution >= 4 is 5.97 Å². The van der Waals surface area contributed by atoms with Crippen molar-refractivity contribution in [2.75, 3.05) is 6.61 Å². The number of hydrogen-bond donors (Lipinski definition) is 1. The summed E-state index contributed by atoms with van der Waals surface area (Å²) in [7, 11) is 0. The predicted molar refractivity (Wildman–Crippen MR) is 82.1 cm³/mol. The zero-order valence-corrected chi connectivity index (χ0v) is 11.9. The van der Waals surface area contributed by atoms with E-state index in [2.05, 4.69) is 12.1 Å².